The van der Waals surface area contributed by atoms with Crippen LogP contribution in [0.4, 0.5) is 0 Å². The average molecular weight is 263 g/mol. The molecule has 2 unspecified atom stereocenters. The molecule has 1 fully saturated rings. The Morgan fingerprint density at radius 3 is 2.47 bits per heavy atom. The average Bonchev–Trinajstić information content (AvgIpc) is 2.55. The highest BCUT2D eigenvalue weighted by atomic mass is 32.2. The van der Waals surface area contributed by atoms with Crippen molar-refractivity contribution in [2.45, 2.75) is 24.9 Å². The fourth-order valence-electron chi connectivity index (χ4n) is 1.83. The molecule has 98 valence electrons. The van der Waals surface area contributed by atoms with E-state index in [9.17, 15) is 18.0 Å². The number of likely N-dealkylation sites (N-methyl/N-ethyl adjacent to an activating group) is 1. The lowest BCUT2D eigenvalue weighted by molar-refractivity contribution is -0.134. The first-order valence-electron chi connectivity index (χ1n) is 5.24. The molecule has 7 nitrogen and oxygen atoms in total. The Labute approximate surface area is 100 Å². The van der Waals surface area contributed by atoms with Crippen LogP contribution in [0.15, 0.2) is 0 Å². The van der Waals surface area contributed by atoms with Crippen LogP contribution in [-0.4, -0.2) is 55.8 Å². The van der Waals surface area contributed by atoms with Gasteiger partial charge in [0.2, 0.25) is 11.8 Å². The van der Waals surface area contributed by atoms with E-state index < -0.39 is 27.7 Å². The Morgan fingerprint density at radius 1 is 1.47 bits per heavy atom. The molecule has 0 aliphatic carbocycles. The first kappa shape index (κ1) is 13.9. The van der Waals surface area contributed by atoms with E-state index in [2.05, 4.69) is 0 Å². The van der Waals surface area contributed by atoms with Crippen LogP contribution >= 0.6 is 0 Å². The molecule has 2 amide bonds. The van der Waals surface area contributed by atoms with Gasteiger partial charge in [-0.05, 0) is 6.42 Å². The summed E-state index contributed by atoms with van der Waals surface area (Å²) < 4.78 is 22.5. The van der Waals surface area contributed by atoms with Gasteiger partial charge in [-0.1, -0.05) is 0 Å². The zero-order valence-electron chi connectivity index (χ0n) is 9.63. The predicted molar refractivity (Wildman–Crippen MR) is 61.6 cm³/mol. The maximum absolute atomic E-state index is 11.8. The van der Waals surface area contributed by atoms with E-state index in [1.807, 2.05) is 0 Å². The number of hydrogen-bond donors (Lipinski definition) is 2. The summed E-state index contributed by atoms with van der Waals surface area (Å²) in [5.74, 6) is -1.07. The molecule has 0 aromatic heterocycles. The molecule has 1 aliphatic heterocycles. The monoisotopic (exact) mass is 263 g/mol. The molecular weight excluding hydrogens is 246 g/mol. The first-order valence-corrected chi connectivity index (χ1v) is 7.06. The van der Waals surface area contributed by atoms with Crippen LogP contribution in [0, 0.1) is 0 Å². The molecule has 0 bridgehead atoms. The van der Waals surface area contributed by atoms with Gasteiger partial charge < -0.3 is 16.4 Å². The zero-order chi connectivity index (χ0) is 13.2. The number of carbonyl (C=O) groups is 2. The molecule has 0 saturated carbocycles. The van der Waals surface area contributed by atoms with Crippen LogP contribution in [0.3, 0.4) is 0 Å². The molecule has 1 saturated heterocycles. The Morgan fingerprint density at radius 2 is 2.06 bits per heavy atom. The van der Waals surface area contributed by atoms with Crippen molar-refractivity contribution in [1.82, 2.24) is 4.90 Å². The van der Waals surface area contributed by atoms with Crippen molar-refractivity contribution in [3.8, 4) is 0 Å². The molecule has 1 aliphatic rings. The van der Waals surface area contributed by atoms with Crippen LogP contribution in [0.5, 0.6) is 0 Å². The SMILES string of the molecule is CN(C(=O)C(N)CC(N)=O)C1CCS(=O)(=O)C1. The van der Waals surface area contributed by atoms with E-state index in [0.717, 1.165) is 0 Å². The Balaban J connectivity index is 2.61. The molecule has 0 aromatic carbocycles. The molecule has 4 N–H and O–H groups in total. The van der Waals surface area contributed by atoms with Crippen molar-refractivity contribution in [3.05, 3.63) is 0 Å². The molecule has 1 rings (SSSR count). The number of carbonyl (C=O) groups excluding carboxylic acids is 2. The van der Waals surface area contributed by atoms with Gasteiger partial charge in [0.15, 0.2) is 9.84 Å². The van der Waals surface area contributed by atoms with Gasteiger partial charge in [-0.2, -0.15) is 0 Å². The second kappa shape index (κ2) is 5.01. The molecule has 1 heterocycles. The number of hydrogen-bond acceptors (Lipinski definition) is 5. The van der Waals surface area contributed by atoms with E-state index in [0.29, 0.717) is 6.42 Å². The van der Waals surface area contributed by atoms with Gasteiger partial charge in [-0.3, -0.25) is 9.59 Å². The maximum Gasteiger partial charge on any atom is 0.240 e. The molecule has 17 heavy (non-hydrogen) atoms. The fourth-order valence-corrected chi connectivity index (χ4v) is 3.60. The minimum Gasteiger partial charge on any atom is -0.370 e. The molecule has 8 heteroatoms. The Kier molecular flexibility index (Phi) is 4.10. The van der Waals surface area contributed by atoms with Crippen LogP contribution in [-0.2, 0) is 19.4 Å². The Bertz CT molecular complexity index is 420. The fraction of sp³-hybridized carbons (Fsp3) is 0.778. The third-order valence-corrected chi connectivity index (χ3v) is 4.59. The van der Waals surface area contributed by atoms with E-state index in [-0.39, 0.29) is 24.0 Å². The molecule has 0 aromatic rings. The van der Waals surface area contributed by atoms with Crippen molar-refractivity contribution >= 4 is 21.7 Å². The predicted octanol–water partition coefficient (Wildman–Crippen LogP) is -2.17. The lowest BCUT2D eigenvalue weighted by Crippen LogP contribution is -2.48. The summed E-state index contributed by atoms with van der Waals surface area (Å²) in [6, 6.07) is -1.35. The molecule has 0 spiro atoms. The van der Waals surface area contributed by atoms with Crippen LogP contribution in [0.1, 0.15) is 12.8 Å². The van der Waals surface area contributed by atoms with Crippen LogP contribution in [0.2, 0.25) is 0 Å². The summed E-state index contributed by atoms with van der Waals surface area (Å²) in [6.07, 6.45) is 0.177. The number of primary amides is 1. The summed E-state index contributed by atoms with van der Waals surface area (Å²) in [5, 5.41) is 0. The van der Waals surface area contributed by atoms with Gasteiger partial charge in [0.05, 0.1) is 24.0 Å². The summed E-state index contributed by atoms with van der Waals surface area (Å²) in [4.78, 5) is 23.7. The van der Waals surface area contributed by atoms with Crippen molar-refractivity contribution in [2.24, 2.45) is 11.5 Å². The van der Waals surface area contributed by atoms with Gasteiger partial charge in [0.1, 0.15) is 0 Å². The van der Waals surface area contributed by atoms with Gasteiger partial charge in [0, 0.05) is 13.1 Å². The minimum absolute atomic E-state index is 0.0431. The number of nitrogens with two attached hydrogens (primary N) is 2. The summed E-state index contributed by atoms with van der Waals surface area (Å²) in [5.41, 5.74) is 10.5. The van der Waals surface area contributed by atoms with Gasteiger partial charge in [0.25, 0.3) is 0 Å². The molecule has 2 atom stereocenters. The largest absolute Gasteiger partial charge is 0.370 e. The van der Waals surface area contributed by atoms with Gasteiger partial charge in [-0.15, -0.1) is 0 Å². The number of rotatable bonds is 4. The van der Waals surface area contributed by atoms with E-state index >= 15 is 0 Å². The maximum atomic E-state index is 11.8. The topological polar surface area (TPSA) is 124 Å². The Hall–Kier alpha value is -1.15. The highest BCUT2D eigenvalue weighted by Crippen LogP contribution is 2.17. The second-order valence-corrected chi connectivity index (χ2v) is 6.51. The summed E-state index contributed by atoms with van der Waals surface area (Å²) in [6.45, 7) is 0. The quantitative estimate of drug-likeness (QED) is 0.597. The smallest absolute Gasteiger partial charge is 0.240 e. The van der Waals surface area contributed by atoms with Crippen LogP contribution in [0.25, 0.3) is 0 Å². The van der Waals surface area contributed by atoms with E-state index in [4.69, 9.17) is 11.5 Å². The van der Waals surface area contributed by atoms with Crippen LogP contribution < -0.4 is 11.5 Å². The minimum atomic E-state index is -3.05. The van der Waals surface area contributed by atoms with Crippen molar-refractivity contribution in [1.29, 1.82) is 0 Å². The molecule has 0 radical (unpaired) electrons. The number of nitrogens with zero attached hydrogens (tertiary/aromatic N) is 1. The van der Waals surface area contributed by atoms with Crippen molar-refractivity contribution < 1.29 is 18.0 Å². The lowest BCUT2D eigenvalue weighted by Gasteiger charge is -2.25. The van der Waals surface area contributed by atoms with E-state index in [1.165, 1.54) is 11.9 Å². The highest BCUT2D eigenvalue weighted by molar-refractivity contribution is 7.91. The third kappa shape index (κ3) is 3.67. The van der Waals surface area contributed by atoms with Crippen molar-refractivity contribution in [2.75, 3.05) is 18.6 Å². The van der Waals surface area contributed by atoms with Gasteiger partial charge in [-0.25, -0.2) is 8.42 Å². The number of sulfone groups is 1. The number of amides is 2. The first-order chi connectivity index (χ1) is 7.73. The van der Waals surface area contributed by atoms with Crippen molar-refractivity contribution in [3.63, 3.8) is 0 Å². The molecular formula is C9H17N3O4S. The van der Waals surface area contributed by atoms with Gasteiger partial charge >= 0.3 is 0 Å². The summed E-state index contributed by atoms with van der Waals surface area (Å²) in [7, 11) is -1.55. The lowest BCUT2D eigenvalue weighted by atomic mass is 10.1. The standard InChI is InChI=1S/C9H17N3O4S/c1-12(6-2-3-17(15,16)5-6)9(14)7(10)4-8(11)13/h6-7H,2-5,10H2,1H3,(H2,11,13). The highest BCUT2D eigenvalue weighted by Gasteiger charge is 2.34. The zero-order valence-corrected chi connectivity index (χ0v) is 10.4. The second-order valence-electron chi connectivity index (χ2n) is 4.28. The van der Waals surface area contributed by atoms with E-state index in [1.54, 1.807) is 0 Å². The third-order valence-electron chi connectivity index (χ3n) is 2.84. The normalized spacial score (nSPS) is 24.2. The summed E-state index contributed by atoms with van der Waals surface area (Å²) >= 11 is 0.